The monoisotopic (exact) mass is 287 g/mol. The van der Waals surface area contributed by atoms with Crippen molar-refractivity contribution in [2.45, 2.75) is 6.92 Å². The maximum absolute atomic E-state index is 13.4. The van der Waals surface area contributed by atoms with Crippen molar-refractivity contribution in [1.82, 2.24) is 4.98 Å². The van der Waals surface area contributed by atoms with E-state index in [2.05, 4.69) is 29.2 Å². The minimum absolute atomic E-state index is 0.216. The Kier molecular flexibility index (Phi) is 2.90. The van der Waals surface area contributed by atoms with Crippen LogP contribution in [0.2, 0.25) is 0 Å². The first-order valence-corrected chi connectivity index (χ1v) is 7.27. The lowest BCUT2D eigenvalue weighted by molar-refractivity contribution is 0.627. The molecule has 4 aromatic rings. The van der Waals surface area contributed by atoms with E-state index in [0.717, 1.165) is 22.2 Å². The van der Waals surface area contributed by atoms with Crippen molar-refractivity contribution in [3.8, 4) is 11.3 Å². The maximum atomic E-state index is 13.4. The van der Waals surface area contributed by atoms with Crippen LogP contribution in [-0.2, 0) is 0 Å². The van der Waals surface area contributed by atoms with E-state index in [1.54, 1.807) is 6.07 Å². The summed E-state index contributed by atoms with van der Waals surface area (Å²) >= 11 is 0. The first-order chi connectivity index (χ1) is 10.7. The number of halogens is 1. The molecule has 0 N–H and O–H groups in total. The lowest BCUT2D eigenvalue weighted by atomic mass is 9.97. The summed E-state index contributed by atoms with van der Waals surface area (Å²) in [7, 11) is 0. The van der Waals surface area contributed by atoms with E-state index >= 15 is 0 Å². The summed E-state index contributed by atoms with van der Waals surface area (Å²) in [5, 5.41) is 4.69. The Morgan fingerprint density at radius 1 is 0.818 bits per heavy atom. The van der Waals surface area contributed by atoms with Crippen LogP contribution in [0.1, 0.15) is 5.56 Å². The highest BCUT2D eigenvalue weighted by molar-refractivity contribution is 6.11. The average Bonchev–Trinajstić information content (AvgIpc) is 2.54. The Bertz CT molecular complexity index is 1000. The summed E-state index contributed by atoms with van der Waals surface area (Å²) in [5.41, 5.74) is 2.77. The molecule has 2 heteroatoms. The Morgan fingerprint density at radius 3 is 2.55 bits per heavy atom. The Labute approximate surface area is 128 Å². The van der Waals surface area contributed by atoms with E-state index in [1.165, 1.54) is 22.2 Å². The van der Waals surface area contributed by atoms with Gasteiger partial charge in [-0.2, -0.15) is 0 Å². The van der Waals surface area contributed by atoms with Gasteiger partial charge in [0.15, 0.2) is 0 Å². The highest BCUT2D eigenvalue weighted by Gasteiger charge is 2.10. The fraction of sp³-hybridized carbons (Fsp3) is 0.0500. The van der Waals surface area contributed by atoms with Gasteiger partial charge in [0, 0.05) is 17.1 Å². The van der Waals surface area contributed by atoms with Gasteiger partial charge in [-0.1, -0.05) is 36.4 Å². The molecule has 0 radical (unpaired) electrons. The van der Waals surface area contributed by atoms with Gasteiger partial charge in [-0.25, -0.2) is 4.39 Å². The quantitative estimate of drug-likeness (QED) is 0.421. The van der Waals surface area contributed by atoms with E-state index in [9.17, 15) is 4.39 Å². The molecular weight excluding hydrogens is 273 g/mol. The molecule has 0 spiro atoms. The van der Waals surface area contributed by atoms with Crippen molar-refractivity contribution in [2.75, 3.05) is 0 Å². The van der Waals surface area contributed by atoms with Gasteiger partial charge in [0.25, 0.3) is 0 Å². The normalized spacial score (nSPS) is 11.2. The molecule has 0 aliphatic carbocycles. The second-order valence-corrected chi connectivity index (χ2v) is 5.50. The molecule has 0 atom stereocenters. The summed E-state index contributed by atoms with van der Waals surface area (Å²) < 4.78 is 13.4. The van der Waals surface area contributed by atoms with E-state index in [4.69, 9.17) is 0 Å². The van der Waals surface area contributed by atoms with Gasteiger partial charge in [-0.3, -0.25) is 4.98 Å². The van der Waals surface area contributed by atoms with E-state index in [1.807, 2.05) is 37.4 Å². The molecule has 0 aliphatic rings. The lowest BCUT2D eigenvalue weighted by Gasteiger charge is -2.10. The van der Waals surface area contributed by atoms with Crippen LogP contribution in [0.15, 0.2) is 66.9 Å². The van der Waals surface area contributed by atoms with Gasteiger partial charge in [-0.15, -0.1) is 0 Å². The van der Waals surface area contributed by atoms with E-state index < -0.39 is 0 Å². The molecule has 1 aromatic heterocycles. The van der Waals surface area contributed by atoms with Crippen molar-refractivity contribution >= 4 is 21.5 Å². The van der Waals surface area contributed by atoms with Crippen LogP contribution in [0, 0.1) is 12.7 Å². The molecule has 4 rings (SSSR count). The third-order valence-corrected chi connectivity index (χ3v) is 4.11. The molecule has 0 fully saturated rings. The van der Waals surface area contributed by atoms with Crippen molar-refractivity contribution in [2.24, 2.45) is 0 Å². The first kappa shape index (κ1) is 13.0. The number of hydrogen-bond donors (Lipinski definition) is 0. The standard InChI is InChI=1S/C20H14FN/c1-13-12-15(21)7-9-16(13)20-19-8-6-14-4-2-3-5-17(14)18(19)10-11-22-20/h2-12H,1H3. The molecule has 1 heterocycles. The summed E-state index contributed by atoms with van der Waals surface area (Å²) in [6.45, 7) is 1.92. The Balaban J connectivity index is 2.09. The molecular formula is C20H14FN. The molecule has 0 bridgehead atoms. The number of aryl methyl sites for hydroxylation is 1. The van der Waals surface area contributed by atoms with Gasteiger partial charge in [0.2, 0.25) is 0 Å². The number of fused-ring (bicyclic) bond motifs is 3. The van der Waals surface area contributed by atoms with Crippen molar-refractivity contribution in [1.29, 1.82) is 0 Å². The topological polar surface area (TPSA) is 12.9 Å². The number of rotatable bonds is 1. The van der Waals surface area contributed by atoms with Crippen LogP contribution in [0.4, 0.5) is 4.39 Å². The second kappa shape index (κ2) is 4.92. The SMILES string of the molecule is Cc1cc(F)ccc1-c1nccc2c1ccc1ccccc12. The minimum atomic E-state index is -0.216. The Hall–Kier alpha value is -2.74. The fourth-order valence-electron chi connectivity index (χ4n) is 3.04. The van der Waals surface area contributed by atoms with Crippen molar-refractivity contribution in [3.63, 3.8) is 0 Å². The smallest absolute Gasteiger partial charge is 0.123 e. The molecule has 0 saturated heterocycles. The number of hydrogen-bond acceptors (Lipinski definition) is 1. The molecule has 1 nitrogen and oxygen atoms in total. The molecule has 0 unspecified atom stereocenters. The van der Waals surface area contributed by atoms with E-state index in [0.29, 0.717) is 0 Å². The summed E-state index contributed by atoms with van der Waals surface area (Å²) in [5.74, 6) is -0.216. The molecule has 22 heavy (non-hydrogen) atoms. The predicted molar refractivity (Wildman–Crippen MR) is 89.4 cm³/mol. The third-order valence-electron chi connectivity index (χ3n) is 4.11. The largest absolute Gasteiger partial charge is 0.256 e. The van der Waals surface area contributed by atoms with Gasteiger partial charge in [-0.05, 0) is 52.9 Å². The minimum Gasteiger partial charge on any atom is -0.256 e. The van der Waals surface area contributed by atoms with Gasteiger partial charge in [0.05, 0.1) is 5.69 Å². The highest BCUT2D eigenvalue weighted by atomic mass is 19.1. The predicted octanol–water partition coefficient (Wildman–Crippen LogP) is 5.50. The third kappa shape index (κ3) is 1.96. The average molecular weight is 287 g/mol. The number of aromatic nitrogens is 1. The highest BCUT2D eigenvalue weighted by Crippen LogP contribution is 2.33. The van der Waals surface area contributed by atoms with Crippen LogP contribution in [0.25, 0.3) is 32.8 Å². The van der Waals surface area contributed by atoms with Gasteiger partial charge in [0.1, 0.15) is 5.82 Å². The summed E-state index contributed by atoms with van der Waals surface area (Å²) in [6.07, 6.45) is 1.83. The zero-order valence-corrected chi connectivity index (χ0v) is 12.2. The molecule has 3 aromatic carbocycles. The van der Waals surface area contributed by atoms with Crippen molar-refractivity contribution in [3.05, 3.63) is 78.2 Å². The number of nitrogens with zero attached hydrogens (tertiary/aromatic N) is 1. The second-order valence-electron chi connectivity index (χ2n) is 5.50. The summed E-state index contributed by atoms with van der Waals surface area (Å²) in [6, 6.07) is 19.4. The molecule has 0 amide bonds. The first-order valence-electron chi connectivity index (χ1n) is 7.27. The van der Waals surface area contributed by atoms with Gasteiger partial charge >= 0.3 is 0 Å². The zero-order chi connectivity index (χ0) is 15.1. The van der Waals surface area contributed by atoms with Crippen LogP contribution >= 0.6 is 0 Å². The molecule has 106 valence electrons. The Morgan fingerprint density at radius 2 is 1.68 bits per heavy atom. The van der Waals surface area contributed by atoms with Crippen LogP contribution in [-0.4, -0.2) is 4.98 Å². The van der Waals surface area contributed by atoms with E-state index in [-0.39, 0.29) is 5.82 Å². The number of pyridine rings is 1. The lowest BCUT2D eigenvalue weighted by Crippen LogP contribution is -1.90. The van der Waals surface area contributed by atoms with Crippen LogP contribution < -0.4 is 0 Å². The fourth-order valence-corrected chi connectivity index (χ4v) is 3.04. The van der Waals surface area contributed by atoms with Crippen LogP contribution in [0.5, 0.6) is 0 Å². The zero-order valence-electron chi connectivity index (χ0n) is 12.2. The molecule has 0 saturated carbocycles. The summed E-state index contributed by atoms with van der Waals surface area (Å²) in [4.78, 5) is 4.55. The number of benzene rings is 3. The van der Waals surface area contributed by atoms with Crippen LogP contribution in [0.3, 0.4) is 0 Å². The molecule has 0 aliphatic heterocycles. The van der Waals surface area contributed by atoms with Gasteiger partial charge < -0.3 is 0 Å². The maximum Gasteiger partial charge on any atom is 0.123 e. The van der Waals surface area contributed by atoms with Crippen molar-refractivity contribution < 1.29 is 4.39 Å².